The standard InChI is InChI=1S/C26H30N2O4S/c1-4-5-6-9-16-32-23-14-12-19(17-24(23)31-3)13-15-25(29)28-26-27-21(18-33-26)20-10-7-8-11-22(20)30-2/h7-8,10-15,17-18H,4-6,9,16H2,1-3H3,(H,27,28,29)/b15-13+. The number of unbranched alkanes of at least 4 members (excludes halogenated alkanes) is 3. The van der Waals surface area contributed by atoms with Gasteiger partial charge in [-0.1, -0.05) is 44.4 Å². The molecule has 6 nitrogen and oxygen atoms in total. The summed E-state index contributed by atoms with van der Waals surface area (Å²) in [5.74, 6) is 1.84. The number of carbonyl (C=O) groups is 1. The van der Waals surface area contributed by atoms with Crippen molar-refractivity contribution in [1.82, 2.24) is 4.98 Å². The molecule has 0 aliphatic carbocycles. The molecule has 0 aliphatic heterocycles. The predicted molar refractivity (Wildman–Crippen MR) is 134 cm³/mol. The van der Waals surface area contributed by atoms with Crippen LogP contribution in [0.1, 0.15) is 38.2 Å². The van der Waals surface area contributed by atoms with Gasteiger partial charge in [0.2, 0.25) is 5.91 Å². The lowest BCUT2D eigenvalue weighted by atomic mass is 10.1. The number of thiazole rings is 1. The molecule has 33 heavy (non-hydrogen) atoms. The Kier molecular flexibility index (Phi) is 9.32. The Bertz CT molecular complexity index is 1080. The van der Waals surface area contributed by atoms with Crippen molar-refractivity contribution in [2.75, 3.05) is 26.1 Å². The van der Waals surface area contributed by atoms with Crippen LogP contribution in [0.3, 0.4) is 0 Å². The highest BCUT2D eigenvalue weighted by Crippen LogP contribution is 2.32. The molecule has 0 saturated heterocycles. The average Bonchev–Trinajstić information content (AvgIpc) is 3.31. The maximum Gasteiger partial charge on any atom is 0.250 e. The number of nitrogens with one attached hydrogen (secondary N) is 1. The fraction of sp³-hybridized carbons (Fsp3) is 0.308. The molecule has 0 bridgehead atoms. The van der Waals surface area contributed by atoms with Crippen LogP contribution in [0.15, 0.2) is 53.9 Å². The van der Waals surface area contributed by atoms with Gasteiger partial charge in [-0.05, 0) is 42.3 Å². The molecule has 2 aromatic carbocycles. The molecule has 3 aromatic rings. The number of hydrogen-bond acceptors (Lipinski definition) is 6. The molecule has 0 saturated carbocycles. The van der Waals surface area contributed by atoms with Crippen LogP contribution in [-0.4, -0.2) is 31.7 Å². The molecular formula is C26H30N2O4S. The van der Waals surface area contributed by atoms with E-state index < -0.39 is 0 Å². The van der Waals surface area contributed by atoms with Crippen molar-refractivity contribution in [3.63, 3.8) is 0 Å². The summed E-state index contributed by atoms with van der Waals surface area (Å²) in [6.45, 7) is 2.85. The molecule has 0 spiro atoms. The highest BCUT2D eigenvalue weighted by molar-refractivity contribution is 7.14. The Labute approximate surface area is 199 Å². The Balaban J connectivity index is 1.59. The normalized spacial score (nSPS) is 10.9. The monoisotopic (exact) mass is 466 g/mol. The number of methoxy groups -OCH3 is 2. The Morgan fingerprint density at radius 1 is 1.03 bits per heavy atom. The molecule has 3 rings (SSSR count). The van der Waals surface area contributed by atoms with Crippen molar-refractivity contribution in [3.8, 4) is 28.5 Å². The summed E-state index contributed by atoms with van der Waals surface area (Å²) in [5, 5.41) is 5.22. The summed E-state index contributed by atoms with van der Waals surface area (Å²) in [6.07, 6.45) is 7.81. The van der Waals surface area contributed by atoms with Gasteiger partial charge in [-0.15, -0.1) is 11.3 Å². The van der Waals surface area contributed by atoms with Crippen molar-refractivity contribution in [3.05, 3.63) is 59.5 Å². The zero-order valence-electron chi connectivity index (χ0n) is 19.3. The van der Waals surface area contributed by atoms with E-state index in [1.54, 1.807) is 20.3 Å². The minimum atomic E-state index is -0.258. The van der Waals surface area contributed by atoms with E-state index in [4.69, 9.17) is 14.2 Å². The van der Waals surface area contributed by atoms with Gasteiger partial charge in [0.15, 0.2) is 16.6 Å². The quantitative estimate of drug-likeness (QED) is 0.246. The fourth-order valence-electron chi connectivity index (χ4n) is 3.25. The molecule has 0 fully saturated rings. The second-order valence-electron chi connectivity index (χ2n) is 7.38. The number of anilines is 1. The lowest BCUT2D eigenvalue weighted by Crippen LogP contribution is -2.07. The number of ether oxygens (including phenoxy) is 3. The molecular weight excluding hydrogens is 436 g/mol. The van der Waals surface area contributed by atoms with E-state index in [9.17, 15) is 4.79 Å². The first-order valence-electron chi connectivity index (χ1n) is 11.0. The van der Waals surface area contributed by atoms with Crippen LogP contribution >= 0.6 is 11.3 Å². The van der Waals surface area contributed by atoms with Gasteiger partial charge in [0, 0.05) is 17.0 Å². The lowest BCUT2D eigenvalue weighted by Gasteiger charge is -2.11. The van der Waals surface area contributed by atoms with Gasteiger partial charge in [0.25, 0.3) is 0 Å². The Morgan fingerprint density at radius 3 is 2.64 bits per heavy atom. The molecule has 1 N–H and O–H groups in total. The first-order chi connectivity index (χ1) is 16.1. The Morgan fingerprint density at radius 2 is 1.85 bits per heavy atom. The number of nitrogens with zero attached hydrogens (tertiary/aromatic N) is 1. The van der Waals surface area contributed by atoms with Crippen LogP contribution in [0.2, 0.25) is 0 Å². The number of para-hydroxylation sites is 1. The van der Waals surface area contributed by atoms with Crippen LogP contribution < -0.4 is 19.5 Å². The summed E-state index contributed by atoms with van der Waals surface area (Å²) >= 11 is 1.36. The van der Waals surface area contributed by atoms with Gasteiger partial charge in [-0.3, -0.25) is 10.1 Å². The number of amides is 1. The van der Waals surface area contributed by atoms with E-state index in [0.717, 1.165) is 35.4 Å². The van der Waals surface area contributed by atoms with E-state index in [0.29, 0.717) is 23.2 Å². The largest absolute Gasteiger partial charge is 0.496 e. The smallest absolute Gasteiger partial charge is 0.250 e. The first-order valence-corrected chi connectivity index (χ1v) is 11.9. The first kappa shape index (κ1) is 24.3. The number of benzene rings is 2. The lowest BCUT2D eigenvalue weighted by molar-refractivity contribution is -0.111. The molecule has 174 valence electrons. The molecule has 1 aromatic heterocycles. The van der Waals surface area contributed by atoms with Crippen LogP contribution in [-0.2, 0) is 4.79 Å². The van der Waals surface area contributed by atoms with Gasteiger partial charge < -0.3 is 14.2 Å². The van der Waals surface area contributed by atoms with Crippen LogP contribution in [0.25, 0.3) is 17.3 Å². The molecule has 0 radical (unpaired) electrons. The minimum absolute atomic E-state index is 0.258. The van der Waals surface area contributed by atoms with E-state index >= 15 is 0 Å². The molecule has 1 heterocycles. The van der Waals surface area contributed by atoms with Gasteiger partial charge in [0.05, 0.1) is 26.5 Å². The van der Waals surface area contributed by atoms with Gasteiger partial charge in [-0.2, -0.15) is 0 Å². The summed E-state index contributed by atoms with van der Waals surface area (Å²) in [5.41, 5.74) is 2.48. The number of carbonyl (C=O) groups excluding carboxylic acids is 1. The van der Waals surface area contributed by atoms with Gasteiger partial charge >= 0.3 is 0 Å². The SMILES string of the molecule is CCCCCCOc1ccc(/C=C/C(=O)Nc2nc(-c3ccccc3OC)cs2)cc1OC. The summed E-state index contributed by atoms with van der Waals surface area (Å²) in [4.78, 5) is 16.9. The highest BCUT2D eigenvalue weighted by Gasteiger charge is 2.10. The van der Waals surface area contributed by atoms with Crippen LogP contribution in [0, 0.1) is 0 Å². The number of hydrogen-bond donors (Lipinski definition) is 1. The maximum absolute atomic E-state index is 12.4. The van der Waals surface area contributed by atoms with Crippen molar-refractivity contribution in [1.29, 1.82) is 0 Å². The third-order valence-corrected chi connectivity index (χ3v) is 5.75. The molecule has 1 amide bonds. The number of aromatic nitrogens is 1. The Hall–Kier alpha value is -3.32. The minimum Gasteiger partial charge on any atom is -0.496 e. The van der Waals surface area contributed by atoms with Gasteiger partial charge in [-0.25, -0.2) is 4.98 Å². The van der Waals surface area contributed by atoms with E-state index in [1.807, 2.05) is 47.8 Å². The number of rotatable bonds is 12. The summed E-state index contributed by atoms with van der Waals surface area (Å²) < 4.78 is 16.7. The zero-order valence-corrected chi connectivity index (χ0v) is 20.1. The van der Waals surface area contributed by atoms with E-state index in [1.165, 1.54) is 30.3 Å². The molecule has 7 heteroatoms. The third-order valence-electron chi connectivity index (χ3n) is 4.99. The van der Waals surface area contributed by atoms with Gasteiger partial charge in [0.1, 0.15) is 5.75 Å². The second-order valence-corrected chi connectivity index (χ2v) is 8.24. The second kappa shape index (κ2) is 12.6. The topological polar surface area (TPSA) is 69.7 Å². The van der Waals surface area contributed by atoms with Crippen molar-refractivity contribution in [2.24, 2.45) is 0 Å². The zero-order chi connectivity index (χ0) is 23.5. The third kappa shape index (κ3) is 7.08. The van der Waals surface area contributed by atoms with E-state index in [2.05, 4.69) is 17.2 Å². The average molecular weight is 467 g/mol. The molecule has 0 aliphatic rings. The fourth-order valence-corrected chi connectivity index (χ4v) is 3.96. The molecule has 0 unspecified atom stereocenters. The molecule has 0 atom stereocenters. The summed E-state index contributed by atoms with van der Waals surface area (Å²) in [7, 11) is 3.24. The van der Waals surface area contributed by atoms with Crippen LogP contribution in [0.5, 0.6) is 17.2 Å². The van der Waals surface area contributed by atoms with Crippen molar-refractivity contribution < 1.29 is 19.0 Å². The highest BCUT2D eigenvalue weighted by atomic mass is 32.1. The maximum atomic E-state index is 12.4. The van der Waals surface area contributed by atoms with E-state index in [-0.39, 0.29) is 5.91 Å². The predicted octanol–water partition coefficient (Wildman–Crippen LogP) is 6.44. The summed E-state index contributed by atoms with van der Waals surface area (Å²) in [6, 6.07) is 13.3. The van der Waals surface area contributed by atoms with Crippen molar-refractivity contribution in [2.45, 2.75) is 32.6 Å². The van der Waals surface area contributed by atoms with Crippen molar-refractivity contribution >= 4 is 28.5 Å². The van der Waals surface area contributed by atoms with Crippen LogP contribution in [0.4, 0.5) is 5.13 Å².